The summed E-state index contributed by atoms with van der Waals surface area (Å²) in [5, 5.41) is 8.91. The van der Waals surface area contributed by atoms with Gasteiger partial charge in [0.2, 0.25) is 0 Å². The Hall–Kier alpha value is -1.61. The lowest BCUT2D eigenvalue weighted by Crippen LogP contribution is -2.52. The molecule has 0 amide bonds. The normalized spacial score (nSPS) is 14.8. The Bertz CT molecular complexity index is 905. The van der Waals surface area contributed by atoms with Gasteiger partial charge in [-0.2, -0.15) is 0 Å². The van der Waals surface area contributed by atoms with Gasteiger partial charge in [0.25, 0.3) is 0 Å². The molecular weight excluding hydrogens is 596 g/mol. The maximum Gasteiger partial charge on any atom is 0.335 e. The summed E-state index contributed by atoms with van der Waals surface area (Å²) >= 11 is 0. The van der Waals surface area contributed by atoms with Crippen molar-refractivity contribution in [2.24, 2.45) is 5.41 Å². The molecule has 8 heteroatoms. The van der Waals surface area contributed by atoms with Crippen LogP contribution in [-0.4, -0.2) is 71.5 Å². The molecule has 0 saturated heterocycles. The highest BCUT2D eigenvalue weighted by Crippen LogP contribution is 2.38. The zero-order chi connectivity index (χ0) is 36.1. The lowest BCUT2D eigenvalue weighted by molar-refractivity contribution is -0.179. The molecule has 0 bridgehead atoms. The molecular formula is C39H72O8. The molecule has 0 aromatic carbocycles. The van der Waals surface area contributed by atoms with Crippen LogP contribution in [-0.2, 0) is 33.3 Å². The van der Waals surface area contributed by atoms with Crippen LogP contribution in [0.25, 0.3) is 0 Å². The minimum atomic E-state index is -0.912. The van der Waals surface area contributed by atoms with E-state index in [4.69, 9.17) is 24.1 Å². The smallest absolute Gasteiger partial charge is 0.335 e. The van der Waals surface area contributed by atoms with Crippen molar-refractivity contribution in [2.45, 2.75) is 202 Å². The molecule has 0 fully saturated rings. The van der Waals surface area contributed by atoms with E-state index in [1.165, 1.54) is 12.8 Å². The Morgan fingerprint density at radius 1 is 0.766 bits per heavy atom. The number of unbranched alkanes of at least 4 members (excludes halogenated alkanes) is 8. The van der Waals surface area contributed by atoms with E-state index in [2.05, 4.69) is 19.1 Å². The van der Waals surface area contributed by atoms with Gasteiger partial charge in [-0.1, -0.05) is 64.0 Å². The standard InChI is InChI=1S/C39H72O8/c1-12-13-14-21-25-33(26-22-19-17-15-16-18-20-23-27-34(41)38(8,9)44-29-24-28-40)47-39(10,11)37(6,7)35(42)31(4)46-36(43)32(5)45-30(2)3/h19,22,30-33,40H,12-18,20-21,23-29H2,1-11H3/b22-19+. The first-order valence-electron chi connectivity index (χ1n) is 18.4. The van der Waals surface area contributed by atoms with Crippen LogP contribution in [0.4, 0.5) is 0 Å². The molecule has 276 valence electrons. The van der Waals surface area contributed by atoms with Crippen LogP contribution >= 0.6 is 0 Å². The maximum atomic E-state index is 13.6. The summed E-state index contributed by atoms with van der Waals surface area (Å²) in [5.74, 6) is -0.587. The lowest BCUT2D eigenvalue weighted by Gasteiger charge is -2.43. The molecule has 0 aliphatic heterocycles. The van der Waals surface area contributed by atoms with Crippen LogP contribution in [0, 0.1) is 5.41 Å². The topological polar surface area (TPSA) is 108 Å². The van der Waals surface area contributed by atoms with E-state index < -0.39 is 34.8 Å². The molecule has 0 rings (SSSR count). The highest BCUT2D eigenvalue weighted by molar-refractivity contribution is 5.91. The largest absolute Gasteiger partial charge is 0.453 e. The summed E-state index contributed by atoms with van der Waals surface area (Å²) in [5.41, 5.74) is -2.46. The van der Waals surface area contributed by atoms with E-state index in [0.29, 0.717) is 19.4 Å². The number of esters is 1. The number of aliphatic hydroxyl groups excluding tert-OH is 1. The molecule has 3 unspecified atom stereocenters. The fourth-order valence-electron chi connectivity index (χ4n) is 5.40. The summed E-state index contributed by atoms with van der Waals surface area (Å²) in [6, 6.07) is 0. The fourth-order valence-corrected chi connectivity index (χ4v) is 5.40. The van der Waals surface area contributed by atoms with Gasteiger partial charge in [-0.3, -0.25) is 9.59 Å². The van der Waals surface area contributed by atoms with Crippen molar-refractivity contribution < 1.29 is 38.4 Å². The molecule has 3 atom stereocenters. The Balaban J connectivity index is 4.91. The maximum absolute atomic E-state index is 13.6. The second-order valence-corrected chi connectivity index (χ2v) is 14.9. The first-order chi connectivity index (χ1) is 21.9. The van der Waals surface area contributed by atoms with Crippen LogP contribution in [0.3, 0.4) is 0 Å². The Kier molecular flexibility index (Phi) is 22.9. The van der Waals surface area contributed by atoms with Crippen molar-refractivity contribution >= 4 is 17.5 Å². The number of aliphatic hydroxyl groups is 1. The Labute approximate surface area is 288 Å². The van der Waals surface area contributed by atoms with Gasteiger partial charge in [-0.15, -0.1) is 0 Å². The van der Waals surface area contributed by atoms with Gasteiger partial charge in [0.15, 0.2) is 23.8 Å². The van der Waals surface area contributed by atoms with E-state index in [-0.39, 0.29) is 30.4 Å². The van der Waals surface area contributed by atoms with Gasteiger partial charge in [0, 0.05) is 13.0 Å². The van der Waals surface area contributed by atoms with Crippen molar-refractivity contribution in [3.8, 4) is 0 Å². The number of hydrogen-bond acceptors (Lipinski definition) is 8. The fraction of sp³-hybridized carbons (Fsp3) is 0.872. The molecule has 0 aromatic heterocycles. The van der Waals surface area contributed by atoms with Crippen molar-refractivity contribution in [1.82, 2.24) is 0 Å². The van der Waals surface area contributed by atoms with Gasteiger partial charge in [-0.05, 0) is 108 Å². The molecule has 47 heavy (non-hydrogen) atoms. The number of hydrogen-bond donors (Lipinski definition) is 1. The SMILES string of the molecule is CCCCCCC(C/C=C/CCCCCCCC(=O)C(C)(C)OCCCO)OC(C)(C)C(C)(C)C(=O)C(C)OC(=O)C(C)OC(C)C. The van der Waals surface area contributed by atoms with Crippen LogP contribution < -0.4 is 0 Å². The van der Waals surface area contributed by atoms with Gasteiger partial charge >= 0.3 is 5.97 Å². The summed E-state index contributed by atoms with van der Waals surface area (Å²) in [4.78, 5) is 38.6. The number of ketones is 2. The molecule has 1 N–H and O–H groups in total. The summed E-state index contributed by atoms with van der Waals surface area (Å²) < 4.78 is 23.4. The predicted octanol–water partition coefficient (Wildman–Crippen LogP) is 8.88. The third kappa shape index (κ3) is 18.7. The van der Waals surface area contributed by atoms with Crippen LogP contribution in [0.1, 0.15) is 166 Å². The molecule has 0 heterocycles. The molecule has 8 nitrogen and oxygen atoms in total. The third-order valence-electron chi connectivity index (χ3n) is 9.21. The number of ether oxygens (including phenoxy) is 4. The second kappa shape index (κ2) is 23.7. The summed E-state index contributed by atoms with van der Waals surface area (Å²) in [6.45, 7) is 21.0. The van der Waals surface area contributed by atoms with E-state index >= 15 is 0 Å². The number of Topliss-reactive ketones (excluding diaryl/α,β-unsaturated/α-hetero) is 2. The summed E-state index contributed by atoms with van der Waals surface area (Å²) in [6.07, 6.45) is 16.3. The van der Waals surface area contributed by atoms with Gasteiger partial charge in [-0.25, -0.2) is 4.79 Å². The van der Waals surface area contributed by atoms with Crippen molar-refractivity contribution in [3.63, 3.8) is 0 Å². The average molecular weight is 669 g/mol. The quantitative estimate of drug-likeness (QED) is 0.0478. The zero-order valence-corrected chi connectivity index (χ0v) is 32.1. The van der Waals surface area contributed by atoms with Crippen LogP contribution in [0.2, 0.25) is 0 Å². The molecule has 0 saturated carbocycles. The van der Waals surface area contributed by atoms with E-state index in [1.807, 2.05) is 55.4 Å². The van der Waals surface area contributed by atoms with Gasteiger partial charge < -0.3 is 24.1 Å². The van der Waals surface area contributed by atoms with Crippen LogP contribution in [0.5, 0.6) is 0 Å². The number of carbonyl (C=O) groups excluding carboxylic acids is 3. The van der Waals surface area contributed by atoms with Gasteiger partial charge in [0.05, 0.1) is 29.8 Å². The molecule has 0 spiro atoms. The molecule has 0 aromatic rings. The molecule has 0 radical (unpaired) electrons. The van der Waals surface area contributed by atoms with Gasteiger partial charge in [0.1, 0.15) is 5.60 Å². The Morgan fingerprint density at radius 2 is 1.38 bits per heavy atom. The van der Waals surface area contributed by atoms with E-state index in [0.717, 1.165) is 64.2 Å². The van der Waals surface area contributed by atoms with E-state index in [9.17, 15) is 14.4 Å². The highest BCUT2D eigenvalue weighted by atomic mass is 16.6. The first-order valence-corrected chi connectivity index (χ1v) is 18.4. The highest BCUT2D eigenvalue weighted by Gasteiger charge is 2.47. The van der Waals surface area contributed by atoms with Crippen LogP contribution in [0.15, 0.2) is 12.2 Å². The molecule has 0 aliphatic rings. The van der Waals surface area contributed by atoms with E-state index in [1.54, 1.807) is 13.8 Å². The van der Waals surface area contributed by atoms with Crippen molar-refractivity contribution in [3.05, 3.63) is 12.2 Å². The monoisotopic (exact) mass is 669 g/mol. The summed E-state index contributed by atoms with van der Waals surface area (Å²) in [7, 11) is 0. The van der Waals surface area contributed by atoms with Crippen molar-refractivity contribution in [2.75, 3.05) is 13.2 Å². The molecule has 0 aliphatic carbocycles. The second-order valence-electron chi connectivity index (χ2n) is 14.9. The van der Waals surface area contributed by atoms with Crippen molar-refractivity contribution in [1.29, 1.82) is 0 Å². The number of rotatable bonds is 29. The minimum absolute atomic E-state index is 0.0168. The minimum Gasteiger partial charge on any atom is -0.453 e. The number of carbonyl (C=O) groups is 3. The number of allylic oxidation sites excluding steroid dienone is 1. The third-order valence-corrected chi connectivity index (χ3v) is 9.21. The lowest BCUT2D eigenvalue weighted by atomic mass is 9.72. The average Bonchev–Trinajstić information content (AvgIpc) is 2.98. The predicted molar refractivity (Wildman–Crippen MR) is 191 cm³/mol. The first kappa shape index (κ1) is 45.4. The Morgan fingerprint density at radius 3 is 2.00 bits per heavy atom. The zero-order valence-electron chi connectivity index (χ0n) is 32.1.